The SMILES string of the molecule is CCNC(=NCc1ccc([N+](=O)[O-])cc1)NCc1ccc(C)cc1OC.I. The summed E-state index contributed by atoms with van der Waals surface area (Å²) in [7, 11) is 1.66. The van der Waals surface area contributed by atoms with E-state index in [0.717, 1.165) is 29.0 Å². The molecule has 7 nitrogen and oxygen atoms in total. The molecular formula is C19H25IN4O3. The molecule has 0 saturated heterocycles. The quantitative estimate of drug-likeness (QED) is 0.205. The maximum atomic E-state index is 10.7. The lowest BCUT2D eigenvalue weighted by Gasteiger charge is -2.14. The number of benzene rings is 2. The summed E-state index contributed by atoms with van der Waals surface area (Å²) in [6.07, 6.45) is 0. The van der Waals surface area contributed by atoms with Crippen LogP contribution in [0.2, 0.25) is 0 Å². The van der Waals surface area contributed by atoms with Crippen LogP contribution in [0.1, 0.15) is 23.6 Å². The molecule has 0 aliphatic heterocycles. The number of guanidine groups is 1. The van der Waals surface area contributed by atoms with Crippen LogP contribution in [0.5, 0.6) is 5.75 Å². The van der Waals surface area contributed by atoms with E-state index in [2.05, 4.69) is 15.6 Å². The van der Waals surface area contributed by atoms with Crippen molar-refractivity contribution in [3.8, 4) is 5.75 Å². The molecule has 0 aliphatic carbocycles. The molecule has 2 aromatic rings. The number of methoxy groups -OCH3 is 1. The molecule has 0 amide bonds. The molecule has 2 rings (SSSR count). The Hall–Kier alpha value is -2.36. The van der Waals surface area contributed by atoms with Crippen LogP contribution in [0.4, 0.5) is 5.69 Å². The summed E-state index contributed by atoms with van der Waals surface area (Å²) >= 11 is 0. The summed E-state index contributed by atoms with van der Waals surface area (Å²) in [5, 5.41) is 17.2. The van der Waals surface area contributed by atoms with Crippen LogP contribution in [-0.4, -0.2) is 24.5 Å². The van der Waals surface area contributed by atoms with Crippen LogP contribution in [0.15, 0.2) is 47.5 Å². The Morgan fingerprint density at radius 2 is 1.89 bits per heavy atom. The molecule has 0 heterocycles. The summed E-state index contributed by atoms with van der Waals surface area (Å²) < 4.78 is 5.42. The minimum atomic E-state index is -0.409. The van der Waals surface area contributed by atoms with Gasteiger partial charge in [0.05, 0.1) is 18.6 Å². The normalized spacial score (nSPS) is 10.7. The molecule has 8 heteroatoms. The van der Waals surface area contributed by atoms with E-state index in [1.165, 1.54) is 12.1 Å². The van der Waals surface area contributed by atoms with Crippen molar-refractivity contribution in [1.82, 2.24) is 10.6 Å². The van der Waals surface area contributed by atoms with Crippen molar-refractivity contribution in [1.29, 1.82) is 0 Å². The highest BCUT2D eigenvalue weighted by Crippen LogP contribution is 2.19. The first-order valence-electron chi connectivity index (χ1n) is 8.42. The predicted molar refractivity (Wildman–Crippen MR) is 118 cm³/mol. The number of nitrogens with zero attached hydrogens (tertiary/aromatic N) is 2. The summed E-state index contributed by atoms with van der Waals surface area (Å²) in [5.41, 5.74) is 3.17. The number of halogens is 1. The Morgan fingerprint density at radius 3 is 2.48 bits per heavy atom. The maximum absolute atomic E-state index is 10.7. The van der Waals surface area contributed by atoms with Crippen LogP contribution < -0.4 is 15.4 Å². The molecule has 0 atom stereocenters. The van der Waals surface area contributed by atoms with Gasteiger partial charge in [0, 0.05) is 30.8 Å². The van der Waals surface area contributed by atoms with Crippen LogP contribution in [-0.2, 0) is 13.1 Å². The molecule has 0 fully saturated rings. The standard InChI is InChI=1S/C19H24N4O3.HI/c1-4-20-19(21-12-15-6-9-17(10-7-15)23(24)25)22-13-16-8-5-14(2)11-18(16)26-3;/h5-11H,4,12-13H2,1-3H3,(H2,20,21,22);1H. The fourth-order valence-corrected chi connectivity index (χ4v) is 2.41. The number of nitro benzene ring substituents is 1. The highest BCUT2D eigenvalue weighted by Gasteiger charge is 2.06. The number of ether oxygens (including phenoxy) is 1. The fourth-order valence-electron chi connectivity index (χ4n) is 2.41. The van der Waals surface area contributed by atoms with Gasteiger partial charge in [-0.05, 0) is 31.0 Å². The molecule has 0 bridgehead atoms. The number of nitrogens with one attached hydrogen (secondary N) is 2. The summed E-state index contributed by atoms with van der Waals surface area (Å²) in [4.78, 5) is 14.8. The summed E-state index contributed by atoms with van der Waals surface area (Å²) in [5.74, 6) is 1.51. The first-order chi connectivity index (χ1) is 12.5. The Kier molecular flexibility index (Phi) is 9.55. The number of rotatable bonds is 7. The number of nitro groups is 1. The molecule has 0 radical (unpaired) electrons. The number of hydrogen-bond donors (Lipinski definition) is 2. The lowest BCUT2D eigenvalue weighted by Crippen LogP contribution is -2.36. The first kappa shape index (κ1) is 22.7. The highest BCUT2D eigenvalue weighted by atomic mass is 127. The highest BCUT2D eigenvalue weighted by molar-refractivity contribution is 14.0. The van der Waals surface area contributed by atoms with Gasteiger partial charge >= 0.3 is 0 Å². The van der Waals surface area contributed by atoms with Gasteiger partial charge in [0.1, 0.15) is 5.75 Å². The van der Waals surface area contributed by atoms with E-state index in [4.69, 9.17) is 4.74 Å². The van der Waals surface area contributed by atoms with Crippen molar-refractivity contribution in [2.45, 2.75) is 26.9 Å². The Morgan fingerprint density at radius 1 is 1.19 bits per heavy atom. The second-order valence-corrected chi connectivity index (χ2v) is 5.79. The lowest BCUT2D eigenvalue weighted by molar-refractivity contribution is -0.384. The van der Waals surface area contributed by atoms with Crippen molar-refractivity contribution in [3.63, 3.8) is 0 Å². The van der Waals surface area contributed by atoms with Crippen molar-refractivity contribution in [2.24, 2.45) is 4.99 Å². The zero-order valence-electron chi connectivity index (χ0n) is 15.7. The van der Waals surface area contributed by atoms with Gasteiger partial charge in [0.15, 0.2) is 5.96 Å². The molecule has 0 aromatic heterocycles. The van der Waals surface area contributed by atoms with E-state index >= 15 is 0 Å². The second-order valence-electron chi connectivity index (χ2n) is 5.79. The average Bonchev–Trinajstić information content (AvgIpc) is 2.65. The minimum absolute atomic E-state index is 0. The van der Waals surface area contributed by atoms with E-state index in [1.807, 2.05) is 32.0 Å². The molecule has 27 heavy (non-hydrogen) atoms. The van der Waals surface area contributed by atoms with Crippen LogP contribution >= 0.6 is 24.0 Å². The van der Waals surface area contributed by atoms with Gasteiger partial charge in [0.25, 0.3) is 5.69 Å². The van der Waals surface area contributed by atoms with E-state index in [0.29, 0.717) is 19.0 Å². The number of aliphatic imine (C=N–C) groups is 1. The van der Waals surface area contributed by atoms with Gasteiger partial charge in [0.2, 0.25) is 0 Å². The lowest BCUT2D eigenvalue weighted by atomic mass is 10.1. The molecule has 0 spiro atoms. The van der Waals surface area contributed by atoms with E-state index in [-0.39, 0.29) is 29.7 Å². The van der Waals surface area contributed by atoms with E-state index in [1.54, 1.807) is 19.2 Å². The Balaban J connectivity index is 0.00000364. The van der Waals surface area contributed by atoms with E-state index < -0.39 is 4.92 Å². The third-order valence-electron chi connectivity index (χ3n) is 3.80. The third kappa shape index (κ3) is 7.05. The zero-order valence-corrected chi connectivity index (χ0v) is 18.0. The van der Waals surface area contributed by atoms with Crippen LogP contribution in [0, 0.1) is 17.0 Å². The smallest absolute Gasteiger partial charge is 0.269 e. The zero-order chi connectivity index (χ0) is 18.9. The molecule has 2 aromatic carbocycles. The summed E-state index contributed by atoms with van der Waals surface area (Å²) in [6.45, 7) is 5.76. The van der Waals surface area contributed by atoms with Gasteiger partial charge in [-0.15, -0.1) is 24.0 Å². The van der Waals surface area contributed by atoms with Crippen molar-refractivity contribution >= 4 is 35.6 Å². The van der Waals surface area contributed by atoms with Gasteiger partial charge < -0.3 is 15.4 Å². The van der Waals surface area contributed by atoms with Crippen LogP contribution in [0.3, 0.4) is 0 Å². The van der Waals surface area contributed by atoms with E-state index in [9.17, 15) is 10.1 Å². The monoisotopic (exact) mass is 484 g/mol. The first-order valence-corrected chi connectivity index (χ1v) is 8.42. The molecule has 0 unspecified atom stereocenters. The molecule has 0 aliphatic rings. The number of non-ortho nitro benzene ring substituents is 1. The van der Waals surface area contributed by atoms with Gasteiger partial charge in [-0.2, -0.15) is 0 Å². The van der Waals surface area contributed by atoms with Gasteiger partial charge in [-0.25, -0.2) is 4.99 Å². The summed E-state index contributed by atoms with van der Waals surface area (Å²) in [6, 6.07) is 12.5. The topological polar surface area (TPSA) is 88.8 Å². The second kappa shape index (κ2) is 11.4. The third-order valence-corrected chi connectivity index (χ3v) is 3.80. The van der Waals surface area contributed by atoms with Crippen molar-refractivity contribution in [3.05, 3.63) is 69.3 Å². The minimum Gasteiger partial charge on any atom is -0.496 e. The fraction of sp³-hybridized carbons (Fsp3) is 0.316. The Bertz CT molecular complexity index is 779. The molecule has 2 N–H and O–H groups in total. The number of hydrogen-bond acceptors (Lipinski definition) is 4. The average molecular weight is 484 g/mol. The van der Waals surface area contributed by atoms with Crippen molar-refractivity contribution < 1.29 is 9.66 Å². The number of aryl methyl sites for hydroxylation is 1. The van der Waals surface area contributed by atoms with Gasteiger partial charge in [-0.1, -0.05) is 24.3 Å². The maximum Gasteiger partial charge on any atom is 0.269 e. The van der Waals surface area contributed by atoms with Gasteiger partial charge in [-0.3, -0.25) is 10.1 Å². The molecular weight excluding hydrogens is 459 g/mol. The Labute approximate surface area is 176 Å². The largest absolute Gasteiger partial charge is 0.496 e. The molecule has 0 saturated carbocycles. The molecule has 146 valence electrons. The van der Waals surface area contributed by atoms with Crippen LogP contribution in [0.25, 0.3) is 0 Å². The van der Waals surface area contributed by atoms with Crippen molar-refractivity contribution in [2.75, 3.05) is 13.7 Å². The predicted octanol–water partition coefficient (Wildman–Crippen LogP) is 3.79.